The molecule has 0 aliphatic heterocycles. The van der Waals surface area contributed by atoms with Crippen LogP contribution in [0.2, 0.25) is 0 Å². The first-order valence-electron chi connectivity index (χ1n) is 10.5. The number of benzene rings is 3. The van der Waals surface area contributed by atoms with Crippen LogP contribution >= 0.6 is 0 Å². The van der Waals surface area contributed by atoms with Crippen LogP contribution in [0.15, 0.2) is 65.6 Å². The highest BCUT2D eigenvalue weighted by Crippen LogP contribution is 2.26. The van der Waals surface area contributed by atoms with Gasteiger partial charge < -0.3 is 10.1 Å². The molecule has 1 atom stereocenters. The van der Waals surface area contributed by atoms with Gasteiger partial charge in [-0.15, -0.1) is 0 Å². The van der Waals surface area contributed by atoms with E-state index in [1.807, 2.05) is 24.3 Å². The molecule has 0 aliphatic carbocycles. The summed E-state index contributed by atoms with van der Waals surface area (Å²) in [4.78, 5) is 25.8. The third-order valence-corrected chi connectivity index (χ3v) is 6.05. The van der Waals surface area contributed by atoms with E-state index in [-0.39, 0.29) is 10.8 Å². The number of hydrogen-bond acceptors (Lipinski definition) is 5. The molecule has 0 saturated heterocycles. The Morgan fingerprint density at radius 1 is 0.939 bits per heavy atom. The molecular weight excluding hydrogens is 440 g/mol. The van der Waals surface area contributed by atoms with Crippen LogP contribution in [0.5, 0.6) is 0 Å². The van der Waals surface area contributed by atoms with Crippen molar-refractivity contribution in [1.29, 1.82) is 0 Å². The zero-order valence-electron chi connectivity index (χ0n) is 19.3. The van der Waals surface area contributed by atoms with Crippen LogP contribution < -0.4 is 10.6 Å². The fourth-order valence-electron chi connectivity index (χ4n) is 3.31. The molecular formula is C25H28N2O5S. The summed E-state index contributed by atoms with van der Waals surface area (Å²) in [5.41, 5.74) is 0.688. The fraction of sp³-hybridized carbons (Fsp3) is 0.280. The van der Waals surface area contributed by atoms with E-state index in [2.05, 4.69) is 10.6 Å². The van der Waals surface area contributed by atoms with Gasteiger partial charge in [-0.2, -0.15) is 0 Å². The lowest BCUT2D eigenvalue weighted by Gasteiger charge is -2.21. The van der Waals surface area contributed by atoms with Crippen molar-refractivity contribution in [3.05, 3.63) is 71.8 Å². The SMILES string of the molecule is CC(NC(=O)c1cc2ccccc2cc1NC(=O)OC(C)(C)C)c1ccc(S(C)(=O)=O)cc1. The van der Waals surface area contributed by atoms with Gasteiger partial charge in [0, 0.05) is 6.26 Å². The van der Waals surface area contributed by atoms with Crippen LogP contribution in [-0.2, 0) is 14.6 Å². The highest BCUT2D eigenvalue weighted by Gasteiger charge is 2.21. The first-order valence-corrected chi connectivity index (χ1v) is 12.4. The molecule has 3 aromatic carbocycles. The average molecular weight is 469 g/mol. The minimum Gasteiger partial charge on any atom is -0.444 e. The van der Waals surface area contributed by atoms with Gasteiger partial charge in [0.15, 0.2) is 9.84 Å². The maximum Gasteiger partial charge on any atom is 0.412 e. The minimum absolute atomic E-state index is 0.211. The predicted octanol–water partition coefficient (Wildman–Crippen LogP) is 5.08. The van der Waals surface area contributed by atoms with Crippen LogP contribution in [0, 0.1) is 0 Å². The summed E-state index contributed by atoms with van der Waals surface area (Å²) < 4.78 is 28.7. The number of hydrogen-bond donors (Lipinski definition) is 2. The summed E-state index contributed by atoms with van der Waals surface area (Å²) in [5.74, 6) is -0.383. The summed E-state index contributed by atoms with van der Waals surface area (Å²) in [6.45, 7) is 7.08. The maximum atomic E-state index is 13.2. The number of anilines is 1. The number of nitrogens with one attached hydrogen (secondary N) is 2. The zero-order chi connectivity index (χ0) is 24.4. The minimum atomic E-state index is -3.30. The maximum absolute atomic E-state index is 13.2. The number of ether oxygens (including phenoxy) is 1. The summed E-state index contributed by atoms with van der Waals surface area (Å²) in [7, 11) is -3.30. The fourth-order valence-corrected chi connectivity index (χ4v) is 3.94. The van der Waals surface area contributed by atoms with Crippen molar-refractivity contribution in [2.24, 2.45) is 0 Å². The number of rotatable bonds is 5. The molecule has 0 aromatic heterocycles. The number of sulfone groups is 1. The molecule has 0 fully saturated rings. The Morgan fingerprint density at radius 3 is 2.06 bits per heavy atom. The Morgan fingerprint density at radius 2 is 1.52 bits per heavy atom. The second-order valence-electron chi connectivity index (χ2n) is 8.91. The van der Waals surface area contributed by atoms with E-state index in [1.165, 1.54) is 12.1 Å². The van der Waals surface area contributed by atoms with Crippen molar-refractivity contribution in [3.63, 3.8) is 0 Å². The normalized spacial score (nSPS) is 12.8. The molecule has 7 nitrogen and oxygen atoms in total. The second-order valence-corrected chi connectivity index (χ2v) is 10.9. The molecule has 3 rings (SSSR count). The molecule has 0 radical (unpaired) electrons. The third-order valence-electron chi connectivity index (χ3n) is 4.92. The number of fused-ring (bicyclic) bond motifs is 1. The lowest BCUT2D eigenvalue weighted by Crippen LogP contribution is -2.30. The van der Waals surface area contributed by atoms with Crippen molar-refractivity contribution in [1.82, 2.24) is 5.32 Å². The van der Waals surface area contributed by atoms with Gasteiger partial charge in [-0.05, 0) is 68.3 Å². The van der Waals surface area contributed by atoms with Gasteiger partial charge in [-0.3, -0.25) is 10.1 Å². The molecule has 174 valence electrons. The number of amides is 2. The Bertz CT molecular complexity index is 1290. The Labute approximate surface area is 194 Å². The smallest absolute Gasteiger partial charge is 0.412 e. The first kappa shape index (κ1) is 24.3. The van der Waals surface area contributed by atoms with Gasteiger partial charge in [0.05, 0.1) is 22.2 Å². The first-order chi connectivity index (χ1) is 15.3. The standard InChI is InChI=1S/C25H28N2O5S/c1-16(17-10-12-20(13-11-17)33(5,30)31)26-23(28)21-14-18-8-6-7-9-19(18)15-22(21)27-24(29)32-25(2,3)4/h6-16H,1-5H3,(H,26,28)(H,27,29). The van der Waals surface area contributed by atoms with Crippen LogP contribution in [0.25, 0.3) is 10.8 Å². The Kier molecular flexibility index (Phi) is 6.78. The van der Waals surface area contributed by atoms with Crippen LogP contribution in [-0.4, -0.2) is 32.3 Å². The predicted molar refractivity (Wildman–Crippen MR) is 129 cm³/mol. The molecule has 2 N–H and O–H groups in total. The highest BCUT2D eigenvalue weighted by molar-refractivity contribution is 7.90. The van der Waals surface area contributed by atoms with E-state index >= 15 is 0 Å². The van der Waals surface area contributed by atoms with Crippen molar-refractivity contribution in [3.8, 4) is 0 Å². The third kappa shape index (κ3) is 6.32. The van der Waals surface area contributed by atoms with Crippen LogP contribution in [0.4, 0.5) is 10.5 Å². The molecule has 1 unspecified atom stereocenters. The monoisotopic (exact) mass is 468 g/mol. The lowest BCUT2D eigenvalue weighted by atomic mass is 10.0. The van der Waals surface area contributed by atoms with Gasteiger partial charge in [0.25, 0.3) is 5.91 Å². The van der Waals surface area contributed by atoms with E-state index in [4.69, 9.17) is 4.74 Å². The van der Waals surface area contributed by atoms with Crippen molar-refractivity contribution < 1.29 is 22.7 Å². The van der Waals surface area contributed by atoms with Crippen LogP contribution in [0.3, 0.4) is 0 Å². The quantitative estimate of drug-likeness (QED) is 0.544. The Balaban J connectivity index is 1.89. The van der Waals surface area contributed by atoms with E-state index in [1.54, 1.807) is 52.0 Å². The molecule has 0 spiro atoms. The van der Waals surface area contributed by atoms with Gasteiger partial charge in [-0.25, -0.2) is 13.2 Å². The summed E-state index contributed by atoms with van der Waals surface area (Å²) in [6.07, 6.45) is 0.489. The van der Waals surface area contributed by atoms with Crippen molar-refractivity contribution in [2.75, 3.05) is 11.6 Å². The summed E-state index contributed by atoms with van der Waals surface area (Å²) in [5, 5.41) is 7.32. The summed E-state index contributed by atoms with van der Waals surface area (Å²) >= 11 is 0. The molecule has 33 heavy (non-hydrogen) atoms. The zero-order valence-corrected chi connectivity index (χ0v) is 20.1. The number of carbonyl (C=O) groups is 2. The molecule has 0 aliphatic rings. The molecule has 0 heterocycles. The molecule has 0 saturated carbocycles. The van der Waals surface area contributed by atoms with E-state index < -0.39 is 27.6 Å². The topological polar surface area (TPSA) is 102 Å². The molecule has 8 heteroatoms. The van der Waals surface area contributed by atoms with E-state index in [9.17, 15) is 18.0 Å². The number of carbonyl (C=O) groups excluding carboxylic acids is 2. The van der Waals surface area contributed by atoms with Crippen molar-refractivity contribution in [2.45, 2.75) is 44.2 Å². The van der Waals surface area contributed by atoms with Gasteiger partial charge >= 0.3 is 6.09 Å². The Hall–Kier alpha value is -3.39. The largest absolute Gasteiger partial charge is 0.444 e. The van der Waals surface area contributed by atoms with Gasteiger partial charge in [0.2, 0.25) is 0 Å². The second kappa shape index (κ2) is 9.23. The van der Waals surface area contributed by atoms with Gasteiger partial charge in [0.1, 0.15) is 5.60 Å². The van der Waals surface area contributed by atoms with E-state index in [0.717, 1.165) is 22.6 Å². The average Bonchev–Trinajstić information content (AvgIpc) is 2.71. The summed E-state index contributed by atoms with van der Waals surface area (Å²) in [6, 6.07) is 16.9. The highest BCUT2D eigenvalue weighted by atomic mass is 32.2. The van der Waals surface area contributed by atoms with Crippen molar-refractivity contribution >= 4 is 38.3 Å². The van der Waals surface area contributed by atoms with E-state index in [0.29, 0.717) is 11.3 Å². The van der Waals surface area contributed by atoms with Gasteiger partial charge in [-0.1, -0.05) is 36.4 Å². The van der Waals surface area contributed by atoms with Crippen LogP contribution in [0.1, 0.15) is 49.7 Å². The molecule has 3 aromatic rings. The molecule has 2 amide bonds. The molecule has 0 bridgehead atoms. The lowest BCUT2D eigenvalue weighted by molar-refractivity contribution is 0.0636.